The van der Waals surface area contributed by atoms with E-state index in [4.69, 9.17) is 0 Å². The van der Waals surface area contributed by atoms with E-state index in [-0.39, 0.29) is 11.6 Å². The molecule has 3 aromatic carbocycles. The van der Waals surface area contributed by atoms with Gasteiger partial charge in [0.15, 0.2) is 0 Å². The maximum atomic E-state index is 13.4. The van der Waals surface area contributed by atoms with Crippen LogP contribution in [0.25, 0.3) is 22.0 Å². The SMILES string of the molecule is CCn1c2c(c3ccccc3c1=O)C(c1ccc(C)cc1)N(C)c1ccccc1-2. The van der Waals surface area contributed by atoms with Crippen molar-refractivity contribution in [1.29, 1.82) is 0 Å². The summed E-state index contributed by atoms with van der Waals surface area (Å²) in [5, 5.41) is 1.84. The molecule has 0 spiro atoms. The molecule has 1 unspecified atom stereocenters. The predicted molar refractivity (Wildman–Crippen MR) is 121 cm³/mol. The van der Waals surface area contributed by atoms with E-state index >= 15 is 0 Å². The van der Waals surface area contributed by atoms with Gasteiger partial charge in [-0.1, -0.05) is 66.2 Å². The Balaban J connectivity index is 1.97. The van der Waals surface area contributed by atoms with Gasteiger partial charge in [-0.15, -0.1) is 0 Å². The van der Waals surface area contributed by atoms with Gasteiger partial charge in [0.05, 0.1) is 11.7 Å². The number of aryl methyl sites for hydroxylation is 1. The minimum Gasteiger partial charge on any atom is -0.363 e. The quantitative estimate of drug-likeness (QED) is 0.456. The van der Waals surface area contributed by atoms with Crippen LogP contribution < -0.4 is 10.5 Å². The van der Waals surface area contributed by atoms with Crippen LogP contribution in [0.4, 0.5) is 5.69 Å². The molecule has 0 saturated carbocycles. The third kappa shape index (κ3) is 2.54. The smallest absolute Gasteiger partial charge is 0.258 e. The summed E-state index contributed by atoms with van der Waals surface area (Å²) >= 11 is 0. The van der Waals surface area contributed by atoms with Crippen LogP contribution in [0.2, 0.25) is 0 Å². The van der Waals surface area contributed by atoms with Gasteiger partial charge < -0.3 is 9.47 Å². The number of nitrogens with zero attached hydrogens (tertiary/aromatic N) is 2. The fraction of sp³-hybridized carbons (Fsp3) is 0.192. The fourth-order valence-corrected chi connectivity index (χ4v) is 4.75. The van der Waals surface area contributed by atoms with Gasteiger partial charge in [0.1, 0.15) is 0 Å². The fourth-order valence-electron chi connectivity index (χ4n) is 4.75. The van der Waals surface area contributed by atoms with E-state index in [0.717, 1.165) is 27.7 Å². The standard InChI is InChI=1S/C26H24N2O/c1-4-28-25-21-11-7-8-12-22(21)27(3)24(18-15-13-17(2)14-16-18)23(25)19-9-5-6-10-20(19)26(28)29/h5-16,24H,4H2,1-3H3. The highest BCUT2D eigenvalue weighted by molar-refractivity contribution is 5.96. The second kappa shape index (κ2) is 6.63. The van der Waals surface area contributed by atoms with E-state index in [9.17, 15) is 4.79 Å². The van der Waals surface area contributed by atoms with E-state index in [1.54, 1.807) is 0 Å². The first kappa shape index (κ1) is 17.7. The highest BCUT2D eigenvalue weighted by Crippen LogP contribution is 2.48. The number of para-hydroxylation sites is 1. The van der Waals surface area contributed by atoms with Gasteiger partial charge in [0.2, 0.25) is 0 Å². The van der Waals surface area contributed by atoms with Gasteiger partial charge >= 0.3 is 0 Å². The molecule has 2 heterocycles. The van der Waals surface area contributed by atoms with Gasteiger partial charge in [-0.2, -0.15) is 0 Å². The first-order valence-corrected chi connectivity index (χ1v) is 10.2. The normalized spacial score (nSPS) is 15.3. The van der Waals surface area contributed by atoms with Crippen molar-refractivity contribution in [3.05, 3.63) is 99.8 Å². The molecule has 0 saturated heterocycles. The topological polar surface area (TPSA) is 25.2 Å². The van der Waals surface area contributed by atoms with Gasteiger partial charge in [-0.3, -0.25) is 4.79 Å². The summed E-state index contributed by atoms with van der Waals surface area (Å²) < 4.78 is 1.95. The molecule has 0 N–H and O–H groups in total. The maximum absolute atomic E-state index is 13.4. The Morgan fingerprint density at radius 1 is 0.862 bits per heavy atom. The van der Waals surface area contributed by atoms with E-state index in [1.807, 2.05) is 22.8 Å². The Morgan fingerprint density at radius 3 is 2.24 bits per heavy atom. The van der Waals surface area contributed by atoms with Crippen LogP contribution in [0.15, 0.2) is 77.6 Å². The van der Waals surface area contributed by atoms with Crippen LogP contribution >= 0.6 is 0 Å². The number of benzene rings is 3. The number of hydrogen-bond acceptors (Lipinski definition) is 2. The monoisotopic (exact) mass is 380 g/mol. The summed E-state index contributed by atoms with van der Waals surface area (Å²) in [6, 6.07) is 25.3. The van der Waals surface area contributed by atoms with Crippen LogP contribution in [0.1, 0.15) is 29.7 Å². The Labute approximate surface area is 170 Å². The van der Waals surface area contributed by atoms with Crippen molar-refractivity contribution in [2.75, 3.05) is 11.9 Å². The molecule has 0 amide bonds. The average molecular weight is 380 g/mol. The molecule has 0 radical (unpaired) electrons. The van der Waals surface area contributed by atoms with Crippen molar-refractivity contribution in [2.45, 2.75) is 26.4 Å². The predicted octanol–water partition coefficient (Wildman–Crippen LogP) is 5.54. The number of hydrogen-bond donors (Lipinski definition) is 0. The van der Waals surface area contributed by atoms with Crippen molar-refractivity contribution >= 4 is 16.5 Å². The summed E-state index contributed by atoms with van der Waals surface area (Å²) in [7, 11) is 2.16. The van der Waals surface area contributed by atoms with Gasteiger partial charge in [-0.25, -0.2) is 0 Å². The second-order valence-corrected chi connectivity index (χ2v) is 7.80. The molecule has 1 aliphatic heterocycles. The van der Waals surface area contributed by atoms with E-state index in [2.05, 4.69) is 80.4 Å². The molecular formula is C26H24N2O. The third-order valence-corrected chi connectivity index (χ3v) is 6.13. The summed E-state index contributed by atoms with van der Waals surface area (Å²) in [6.45, 7) is 4.81. The van der Waals surface area contributed by atoms with E-state index in [0.29, 0.717) is 6.54 Å². The molecule has 4 aromatic rings. The van der Waals surface area contributed by atoms with Gasteiger partial charge in [0, 0.05) is 35.8 Å². The van der Waals surface area contributed by atoms with Crippen molar-refractivity contribution < 1.29 is 0 Å². The lowest BCUT2D eigenvalue weighted by atomic mass is 9.85. The molecule has 3 nitrogen and oxygen atoms in total. The molecule has 5 rings (SSSR count). The average Bonchev–Trinajstić information content (AvgIpc) is 2.76. The highest BCUT2D eigenvalue weighted by atomic mass is 16.1. The van der Waals surface area contributed by atoms with Crippen LogP contribution in [0.3, 0.4) is 0 Å². The lowest BCUT2D eigenvalue weighted by Crippen LogP contribution is -2.34. The van der Waals surface area contributed by atoms with Crippen LogP contribution in [-0.4, -0.2) is 11.6 Å². The zero-order valence-electron chi connectivity index (χ0n) is 17.0. The Bertz CT molecular complexity index is 1280. The molecule has 0 aliphatic carbocycles. The van der Waals surface area contributed by atoms with Crippen LogP contribution in [0, 0.1) is 6.92 Å². The molecule has 3 heteroatoms. The van der Waals surface area contributed by atoms with Crippen LogP contribution in [-0.2, 0) is 6.54 Å². The van der Waals surface area contributed by atoms with E-state index < -0.39 is 0 Å². The molecule has 144 valence electrons. The Morgan fingerprint density at radius 2 is 1.52 bits per heavy atom. The number of fused-ring (bicyclic) bond motifs is 5. The molecule has 29 heavy (non-hydrogen) atoms. The van der Waals surface area contributed by atoms with Crippen LogP contribution in [0.5, 0.6) is 0 Å². The molecule has 1 atom stereocenters. The largest absolute Gasteiger partial charge is 0.363 e. The summed E-state index contributed by atoms with van der Waals surface area (Å²) in [6.07, 6.45) is 0. The first-order chi connectivity index (χ1) is 14.1. The lowest BCUT2D eigenvalue weighted by molar-refractivity contribution is 0.705. The van der Waals surface area contributed by atoms with Crippen molar-refractivity contribution in [3.8, 4) is 11.3 Å². The molecular weight excluding hydrogens is 356 g/mol. The first-order valence-electron chi connectivity index (χ1n) is 10.2. The third-order valence-electron chi connectivity index (χ3n) is 6.13. The summed E-state index contributed by atoms with van der Waals surface area (Å²) in [5.74, 6) is 0. The zero-order chi connectivity index (χ0) is 20.1. The van der Waals surface area contributed by atoms with E-state index in [1.165, 1.54) is 16.7 Å². The summed E-state index contributed by atoms with van der Waals surface area (Å²) in [5.41, 5.74) is 7.11. The van der Waals surface area contributed by atoms with Crippen molar-refractivity contribution in [2.24, 2.45) is 0 Å². The van der Waals surface area contributed by atoms with Gasteiger partial charge in [-0.05, 0) is 36.9 Å². The minimum atomic E-state index is 0.0452. The van der Waals surface area contributed by atoms with Crippen molar-refractivity contribution in [1.82, 2.24) is 4.57 Å². The summed E-state index contributed by atoms with van der Waals surface area (Å²) in [4.78, 5) is 15.7. The highest BCUT2D eigenvalue weighted by Gasteiger charge is 2.34. The maximum Gasteiger partial charge on any atom is 0.258 e. The van der Waals surface area contributed by atoms with Crippen molar-refractivity contribution in [3.63, 3.8) is 0 Å². The minimum absolute atomic E-state index is 0.0452. The second-order valence-electron chi connectivity index (χ2n) is 7.80. The lowest BCUT2D eigenvalue weighted by Gasteiger charge is -2.39. The van der Waals surface area contributed by atoms with Gasteiger partial charge in [0.25, 0.3) is 5.56 Å². The molecule has 1 aromatic heterocycles. The number of rotatable bonds is 2. The Kier molecular flexibility index (Phi) is 4.06. The number of pyridine rings is 1. The molecule has 0 bridgehead atoms. The molecule has 0 fully saturated rings. The molecule has 1 aliphatic rings. The number of aromatic nitrogens is 1. The zero-order valence-corrected chi connectivity index (χ0v) is 17.0. The number of anilines is 1. The Hall–Kier alpha value is -3.33.